The van der Waals surface area contributed by atoms with Crippen LogP contribution >= 0.6 is 0 Å². The number of halogens is 3. The van der Waals surface area contributed by atoms with Crippen molar-refractivity contribution in [3.63, 3.8) is 0 Å². The van der Waals surface area contributed by atoms with Crippen LogP contribution in [0.4, 0.5) is 23.8 Å². The number of likely N-dealkylation sites (tertiary alicyclic amines) is 1. The predicted octanol–water partition coefficient (Wildman–Crippen LogP) is 3.68. The van der Waals surface area contributed by atoms with Gasteiger partial charge in [-0.05, 0) is 51.8 Å². The molecule has 0 radical (unpaired) electrons. The second-order valence-electron chi connectivity index (χ2n) is 9.06. The van der Waals surface area contributed by atoms with E-state index in [1.54, 1.807) is 25.7 Å². The first-order valence-corrected chi connectivity index (χ1v) is 10.7. The molecule has 1 aromatic heterocycles. The van der Waals surface area contributed by atoms with Crippen LogP contribution in [-0.4, -0.2) is 57.6 Å². The average molecular weight is 483 g/mol. The number of methoxy groups -OCH3 is 1. The van der Waals surface area contributed by atoms with Gasteiger partial charge in [-0.2, -0.15) is 13.2 Å². The van der Waals surface area contributed by atoms with Gasteiger partial charge in [0.1, 0.15) is 11.4 Å². The Bertz CT molecular complexity index is 1110. The molecule has 0 spiro atoms. The fourth-order valence-corrected chi connectivity index (χ4v) is 3.62. The maximum atomic E-state index is 13.0. The summed E-state index contributed by atoms with van der Waals surface area (Å²) < 4.78 is 50.8. The maximum Gasteiger partial charge on any atom is 0.416 e. The molecule has 1 unspecified atom stereocenters. The number of hydrogen-bond donors (Lipinski definition) is 1. The van der Waals surface area contributed by atoms with Gasteiger partial charge in [0.2, 0.25) is 5.82 Å². The predicted molar refractivity (Wildman–Crippen MR) is 119 cm³/mol. The van der Waals surface area contributed by atoms with Crippen LogP contribution in [0.25, 0.3) is 11.4 Å². The van der Waals surface area contributed by atoms with Gasteiger partial charge in [-0.1, -0.05) is 0 Å². The Labute approximate surface area is 194 Å². The lowest BCUT2D eigenvalue weighted by molar-refractivity contribution is -0.137. The zero-order valence-electron chi connectivity index (χ0n) is 19.7. The van der Waals surface area contributed by atoms with Gasteiger partial charge in [-0.15, -0.1) is 10.2 Å². The summed E-state index contributed by atoms with van der Waals surface area (Å²) >= 11 is 0. The highest BCUT2D eigenvalue weighted by Gasteiger charge is 2.32. The molecule has 0 aliphatic carbocycles. The number of piperidine rings is 1. The van der Waals surface area contributed by atoms with E-state index in [0.717, 1.165) is 12.1 Å². The van der Waals surface area contributed by atoms with Crippen molar-refractivity contribution in [2.45, 2.75) is 51.4 Å². The van der Waals surface area contributed by atoms with Crippen molar-refractivity contribution in [3.8, 4) is 17.1 Å². The molecule has 2 aromatic rings. The largest absolute Gasteiger partial charge is 0.496 e. The number of benzene rings is 1. The molecule has 12 heteroatoms. The number of aromatic nitrogens is 3. The third-order valence-corrected chi connectivity index (χ3v) is 5.25. The van der Waals surface area contributed by atoms with Crippen molar-refractivity contribution in [2.75, 3.05) is 25.5 Å². The van der Waals surface area contributed by atoms with Gasteiger partial charge in [0, 0.05) is 26.2 Å². The number of hydrogen-bond acceptors (Lipinski definition) is 7. The second kappa shape index (κ2) is 9.51. The van der Waals surface area contributed by atoms with Crippen molar-refractivity contribution in [3.05, 3.63) is 34.1 Å². The van der Waals surface area contributed by atoms with E-state index >= 15 is 0 Å². The van der Waals surface area contributed by atoms with Crippen LogP contribution in [0.5, 0.6) is 5.75 Å². The minimum atomic E-state index is -4.54. The molecule has 186 valence electrons. The SMILES string of the molecule is COc1cc(C(F)(F)F)ccc1-c1nnc(NC2CCCN(C(=O)OC(C)(C)C)C2)c(=O)n1C. The van der Waals surface area contributed by atoms with Gasteiger partial charge in [0.15, 0.2) is 5.82 Å². The lowest BCUT2D eigenvalue weighted by Gasteiger charge is -2.34. The fraction of sp³-hybridized carbons (Fsp3) is 0.545. The van der Waals surface area contributed by atoms with Crippen molar-refractivity contribution in [2.24, 2.45) is 7.05 Å². The molecule has 1 atom stereocenters. The van der Waals surface area contributed by atoms with Crippen LogP contribution in [0, 0.1) is 0 Å². The normalized spacial score (nSPS) is 16.8. The van der Waals surface area contributed by atoms with Gasteiger partial charge in [-0.25, -0.2) is 4.79 Å². The number of nitrogens with zero attached hydrogens (tertiary/aromatic N) is 4. The Morgan fingerprint density at radius 3 is 2.53 bits per heavy atom. The molecule has 3 rings (SSSR count). The maximum absolute atomic E-state index is 13.0. The zero-order valence-corrected chi connectivity index (χ0v) is 19.7. The minimum absolute atomic E-state index is 0.0202. The van der Waals surface area contributed by atoms with Crippen molar-refractivity contribution in [1.82, 2.24) is 19.7 Å². The fourth-order valence-electron chi connectivity index (χ4n) is 3.62. The van der Waals surface area contributed by atoms with Crippen LogP contribution in [0.15, 0.2) is 23.0 Å². The molecule has 0 saturated carbocycles. The summed E-state index contributed by atoms with van der Waals surface area (Å²) in [7, 11) is 2.68. The van der Waals surface area contributed by atoms with Crippen molar-refractivity contribution < 1.29 is 27.4 Å². The molecule has 1 aliphatic rings. The minimum Gasteiger partial charge on any atom is -0.496 e. The van der Waals surface area contributed by atoms with Gasteiger partial charge in [-0.3, -0.25) is 9.36 Å². The van der Waals surface area contributed by atoms with Gasteiger partial charge < -0.3 is 19.7 Å². The first-order valence-electron chi connectivity index (χ1n) is 10.7. The number of rotatable bonds is 4. The Kier molecular flexibility index (Phi) is 7.08. The monoisotopic (exact) mass is 483 g/mol. The smallest absolute Gasteiger partial charge is 0.416 e. The summed E-state index contributed by atoms with van der Waals surface area (Å²) in [4.78, 5) is 26.9. The van der Waals surface area contributed by atoms with Crippen LogP contribution in [0.1, 0.15) is 39.2 Å². The molecular formula is C22H28F3N5O4. The number of ether oxygens (including phenoxy) is 2. The van der Waals surface area contributed by atoms with Crippen LogP contribution in [-0.2, 0) is 18.0 Å². The molecule has 1 N–H and O–H groups in total. The Balaban J connectivity index is 1.82. The third kappa shape index (κ3) is 5.78. The van der Waals surface area contributed by atoms with Gasteiger partial charge in [0.25, 0.3) is 5.56 Å². The molecular weight excluding hydrogens is 455 g/mol. The summed E-state index contributed by atoms with van der Waals surface area (Å²) in [6, 6.07) is 2.69. The Hall–Kier alpha value is -3.31. The molecule has 1 saturated heterocycles. The van der Waals surface area contributed by atoms with E-state index in [-0.39, 0.29) is 29.0 Å². The summed E-state index contributed by atoms with van der Waals surface area (Å²) in [6.07, 6.45) is -3.54. The first kappa shape index (κ1) is 25.3. The number of anilines is 1. The number of amides is 1. The van der Waals surface area contributed by atoms with E-state index in [1.165, 1.54) is 24.8 Å². The van der Waals surface area contributed by atoms with E-state index < -0.39 is 29.0 Å². The highest BCUT2D eigenvalue weighted by molar-refractivity contribution is 5.68. The van der Waals surface area contributed by atoms with Crippen LogP contribution in [0.2, 0.25) is 0 Å². The van der Waals surface area contributed by atoms with Crippen LogP contribution in [0.3, 0.4) is 0 Å². The topological polar surface area (TPSA) is 98.6 Å². The van der Waals surface area contributed by atoms with E-state index in [0.29, 0.717) is 25.9 Å². The first-order chi connectivity index (χ1) is 15.8. The summed E-state index contributed by atoms with van der Waals surface area (Å²) in [6.45, 7) is 6.24. The number of nitrogens with one attached hydrogen (secondary N) is 1. The summed E-state index contributed by atoms with van der Waals surface area (Å²) in [5.41, 5.74) is -1.81. The average Bonchev–Trinajstić information content (AvgIpc) is 2.75. The highest BCUT2D eigenvalue weighted by Crippen LogP contribution is 2.36. The molecule has 1 amide bonds. The molecule has 1 aromatic carbocycles. The molecule has 34 heavy (non-hydrogen) atoms. The highest BCUT2D eigenvalue weighted by atomic mass is 19.4. The lowest BCUT2D eigenvalue weighted by Crippen LogP contribution is -2.47. The standard InChI is InChI=1S/C22H28F3N5O4/c1-21(2,3)34-20(32)30-10-6-7-14(12-30)26-17-19(31)29(4)18(28-27-17)15-9-8-13(22(23,24)25)11-16(15)33-5/h8-9,11,14H,6-7,10,12H2,1-5H3,(H,26,27). The van der Waals surface area contributed by atoms with Gasteiger partial charge in [0.05, 0.1) is 18.2 Å². The summed E-state index contributed by atoms with van der Waals surface area (Å²) in [5.74, 6) is -0.0477. The van der Waals surface area contributed by atoms with E-state index in [4.69, 9.17) is 9.47 Å². The summed E-state index contributed by atoms with van der Waals surface area (Å²) in [5, 5.41) is 11.1. The zero-order chi connectivity index (χ0) is 25.3. The number of carbonyl (C=O) groups excluding carboxylic acids is 1. The van der Waals surface area contributed by atoms with Crippen molar-refractivity contribution >= 4 is 11.9 Å². The Morgan fingerprint density at radius 1 is 1.21 bits per heavy atom. The number of carbonyl (C=O) groups is 1. The van der Waals surface area contributed by atoms with Crippen molar-refractivity contribution in [1.29, 1.82) is 0 Å². The van der Waals surface area contributed by atoms with E-state index in [2.05, 4.69) is 15.5 Å². The molecule has 2 heterocycles. The Morgan fingerprint density at radius 2 is 1.91 bits per heavy atom. The van der Waals surface area contributed by atoms with E-state index in [9.17, 15) is 22.8 Å². The molecule has 0 bridgehead atoms. The van der Waals surface area contributed by atoms with Crippen LogP contribution < -0.4 is 15.6 Å². The molecule has 9 nitrogen and oxygen atoms in total. The lowest BCUT2D eigenvalue weighted by atomic mass is 10.1. The molecule has 1 aliphatic heterocycles. The van der Waals surface area contributed by atoms with E-state index in [1.807, 2.05) is 0 Å². The second-order valence-corrected chi connectivity index (χ2v) is 9.06. The quantitative estimate of drug-likeness (QED) is 0.708. The number of alkyl halides is 3. The molecule has 1 fully saturated rings. The van der Waals surface area contributed by atoms with Gasteiger partial charge >= 0.3 is 12.3 Å². The third-order valence-electron chi connectivity index (χ3n) is 5.25.